The summed E-state index contributed by atoms with van der Waals surface area (Å²) in [5, 5.41) is 33.0. The summed E-state index contributed by atoms with van der Waals surface area (Å²) < 4.78 is 7.00. The minimum absolute atomic E-state index is 0.314. The lowest BCUT2D eigenvalue weighted by molar-refractivity contribution is -0.0586. The van der Waals surface area contributed by atoms with Crippen molar-refractivity contribution < 1.29 is 20.1 Å². The van der Waals surface area contributed by atoms with Crippen LogP contribution in [0.1, 0.15) is 43.4 Å². The summed E-state index contributed by atoms with van der Waals surface area (Å²) in [6, 6.07) is 0. The van der Waals surface area contributed by atoms with E-state index in [0.717, 1.165) is 5.56 Å². The Bertz CT molecular complexity index is 430. The van der Waals surface area contributed by atoms with E-state index >= 15 is 0 Å². The van der Waals surface area contributed by atoms with E-state index in [1.54, 1.807) is 4.68 Å². The second kappa shape index (κ2) is 5.20. The highest BCUT2D eigenvalue weighted by Crippen LogP contribution is 2.35. The van der Waals surface area contributed by atoms with E-state index in [0.29, 0.717) is 5.92 Å². The molecule has 1 aliphatic carbocycles. The van der Waals surface area contributed by atoms with Crippen molar-refractivity contribution in [3.05, 3.63) is 18.0 Å². The van der Waals surface area contributed by atoms with Crippen LogP contribution in [0.25, 0.3) is 0 Å². The van der Waals surface area contributed by atoms with Crippen molar-refractivity contribution in [1.82, 2.24) is 9.78 Å². The predicted octanol–water partition coefficient (Wildman–Crippen LogP) is 0.152. The summed E-state index contributed by atoms with van der Waals surface area (Å²) in [5.74, 6) is 0.547. The van der Waals surface area contributed by atoms with Crippen molar-refractivity contribution in [2.45, 2.75) is 56.1 Å². The van der Waals surface area contributed by atoms with Gasteiger partial charge >= 0.3 is 0 Å². The fourth-order valence-electron chi connectivity index (χ4n) is 3.06. The van der Waals surface area contributed by atoms with Crippen LogP contribution in [-0.4, -0.2) is 50.0 Å². The molecule has 2 fully saturated rings. The number of aliphatic hydroxyl groups is 3. The van der Waals surface area contributed by atoms with Gasteiger partial charge in [-0.2, -0.15) is 5.10 Å². The van der Waals surface area contributed by atoms with Crippen LogP contribution in [0.4, 0.5) is 0 Å². The molecule has 3 N–H and O–H groups in total. The smallest absolute Gasteiger partial charge is 0.179 e. The van der Waals surface area contributed by atoms with Crippen LogP contribution in [0, 0.1) is 0 Å². The van der Waals surface area contributed by atoms with Crippen LogP contribution in [0.15, 0.2) is 12.4 Å². The molecule has 0 radical (unpaired) electrons. The quantitative estimate of drug-likeness (QED) is 0.726. The highest BCUT2D eigenvalue weighted by Gasteiger charge is 2.43. The highest BCUT2D eigenvalue weighted by molar-refractivity contribution is 5.13. The van der Waals surface area contributed by atoms with Crippen LogP contribution < -0.4 is 0 Å². The number of hydrogen-bond donors (Lipinski definition) is 3. The summed E-state index contributed by atoms with van der Waals surface area (Å²) >= 11 is 0. The lowest BCUT2D eigenvalue weighted by Crippen LogP contribution is -2.33. The standard InChI is InChI=1S/C13H20N2O4/c16-7-10-11(17)12(18)13(19-10)15-6-9(5-14-15)8-3-1-2-4-8/h5-6,8,10-13,16-18H,1-4,7H2/t10-,11?,12?,13-/m1/s1. The van der Waals surface area contributed by atoms with Crippen molar-refractivity contribution in [2.75, 3.05) is 6.61 Å². The summed E-state index contributed by atoms with van der Waals surface area (Å²) in [4.78, 5) is 0. The van der Waals surface area contributed by atoms with Crippen LogP contribution in [0.3, 0.4) is 0 Å². The minimum Gasteiger partial charge on any atom is -0.394 e. The van der Waals surface area contributed by atoms with Gasteiger partial charge in [0.1, 0.15) is 18.3 Å². The third-order valence-electron chi connectivity index (χ3n) is 4.23. The molecule has 19 heavy (non-hydrogen) atoms. The van der Waals surface area contributed by atoms with Gasteiger partial charge in [0.15, 0.2) is 6.23 Å². The molecule has 1 aromatic rings. The monoisotopic (exact) mass is 268 g/mol. The van der Waals surface area contributed by atoms with Gasteiger partial charge in [-0.3, -0.25) is 0 Å². The zero-order valence-corrected chi connectivity index (χ0v) is 10.7. The van der Waals surface area contributed by atoms with Crippen molar-refractivity contribution in [3.8, 4) is 0 Å². The molecule has 6 heteroatoms. The first-order valence-corrected chi connectivity index (χ1v) is 6.87. The van der Waals surface area contributed by atoms with Gasteiger partial charge in [-0.1, -0.05) is 12.8 Å². The maximum absolute atomic E-state index is 9.94. The zero-order valence-electron chi connectivity index (χ0n) is 10.7. The second-order valence-corrected chi connectivity index (χ2v) is 5.46. The predicted molar refractivity (Wildman–Crippen MR) is 66.4 cm³/mol. The number of nitrogens with zero attached hydrogens (tertiary/aromatic N) is 2. The molecule has 1 saturated carbocycles. The second-order valence-electron chi connectivity index (χ2n) is 5.46. The van der Waals surface area contributed by atoms with E-state index in [-0.39, 0.29) is 6.61 Å². The van der Waals surface area contributed by atoms with E-state index in [1.807, 2.05) is 12.4 Å². The van der Waals surface area contributed by atoms with Gasteiger partial charge in [-0.15, -0.1) is 0 Å². The highest BCUT2D eigenvalue weighted by atomic mass is 16.6. The topological polar surface area (TPSA) is 87.7 Å². The molecule has 0 bridgehead atoms. The molecule has 0 aromatic carbocycles. The van der Waals surface area contributed by atoms with Crippen molar-refractivity contribution in [2.24, 2.45) is 0 Å². The lowest BCUT2D eigenvalue weighted by Gasteiger charge is -2.15. The third-order valence-corrected chi connectivity index (χ3v) is 4.23. The SMILES string of the molecule is OC[C@H]1O[C@@H](n2cc(C3CCCC3)cn2)C(O)C1O. The molecule has 3 rings (SSSR count). The summed E-state index contributed by atoms with van der Waals surface area (Å²) in [5.41, 5.74) is 1.16. The van der Waals surface area contributed by atoms with Gasteiger partial charge in [0.2, 0.25) is 0 Å². The molecular weight excluding hydrogens is 248 g/mol. The Kier molecular flexibility index (Phi) is 3.58. The Morgan fingerprint density at radius 1 is 1.26 bits per heavy atom. The first-order valence-electron chi connectivity index (χ1n) is 6.87. The molecule has 4 atom stereocenters. The first kappa shape index (κ1) is 13.1. The van der Waals surface area contributed by atoms with Crippen LogP contribution >= 0.6 is 0 Å². The average Bonchev–Trinajstić information content (AvgIpc) is 3.12. The molecule has 2 heterocycles. The van der Waals surface area contributed by atoms with Crippen LogP contribution in [-0.2, 0) is 4.74 Å². The van der Waals surface area contributed by atoms with E-state index in [1.165, 1.54) is 25.7 Å². The molecule has 1 aromatic heterocycles. The molecule has 106 valence electrons. The fourth-order valence-corrected chi connectivity index (χ4v) is 3.06. The van der Waals surface area contributed by atoms with E-state index in [4.69, 9.17) is 9.84 Å². The number of hydrogen-bond acceptors (Lipinski definition) is 5. The molecule has 1 aliphatic heterocycles. The largest absolute Gasteiger partial charge is 0.394 e. The Morgan fingerprint density at radius 2 is 2.00 bits per heavy atom. The number of aliphatic hydroxyl groups excluding tert-OH is 3. The Balaban J connectivity index is 1.75. The molecule has 0 spiro atoms. The van der Waals surface area contributed by atoms with E-state index in [9.17, 15) is 10.2 Å². The normalized spacial score (nSPS) is 36.2. The lowest BCUT2D eigenvalue weighted by atomic mass is 10.0. The van der Waals surface area contributed by atoms with E-state index in [2.05, 4.69) is 5.10 Å². The number of aromatic nitrogens is 2. The molecule has 6 nitrogen and oxygen atoms in total. The summed E-state index contributed by atoms with van der Waals surface area (Å²) in [6.45, 7) is -0.314. The van der Waals surface area contributed by atoms with Crippen molar-refractivity contribution in [1.29, 1.82) is 0 Å². The fraction of sp³-hybridized carbons (Fsp3) is 0.769. The number of rotatable bonds is 3. The van der Waals surface area contributed by atoms with Gasteiger partial charge in [0, 0.05) is 6.20 Å². The Morgan fingerprint density at radius 3 is 2.63 bits per heavy atom. The minimum atomic E-state index is -1.07. The maximum Gasteiger partial charge on any atom is 0.179 e. The van der Waals surface area contributed by atoms with Gasteiger partial charge in [0.05, 0.1) is 12.8 Å². The van der Waals surface area contributed by atoms with Crippen molar-refractivity contribution in [3.63, 3.8) is 0 Å². The maximum atomic E-state index is 9.94. The number of ether oxygens (including phenoxy) is 1. The Hall–Kier alpha value is -0.950. The van der Waals surface area contributed by atoms with Gasteiger partial charge in [0.25, 0.3) is 0 Å². The zero-order chi connectivity index (χ0) is 13.4. The molecular formula is C13H20N2O4. The third kappa shape index (κ3) is 2.29. The van der Waals surface area contributed by atoms with Gasteiger partial charge in [-0.25, -0.2) is 4.68 Å². The van der Waals surface area contributed by atoms with Gasteiger partial charge in [-0.05, 0) is 24.3 Å². The first-order chi connectivity index (χ1) is 9.20. The summed E-state index contributed by atoms with van der Waals surface area (Å²) in [7, 11) is 0. The van der Waals surface area contributed by atoms with Crippen LogP contribution in [0.5, 0.6) is 0 Å². The van der Waals surface area contributed by atoms with Crippen LogP contribution in [0.2, 0.25) is 0 Å². The molecule has 0 amide bonds. The summed E-state index contributed by atoms with van der Waals surface area (Å²) in [6.07, 6.45) is 4.96. The molecule has 2 unspecified atom stereocenters. The Labute approximate surface area is 111 Å². The average molecular weight is 268 g/mol. The molecule has 1 saturated heterocycles. The van der Waals surface area contributed by atoms with Crippen molar-refractivity contribution >= 4 is 0 Å². The molecule has 2 aliphatic rings. The van der Waals surface area contributed by atoms with Gasteiger partial charge < -0.3 is 20.1 Å². The van der Waals surface area contributed by atoms with E-state index < -0.39 is 24.5 Å².